The Morgan fingerprint density at radius 1 is 1.37 bits per heavy atom. The van der Waals surface area contributed by atoms with Gasteiger partial charge in [0, 0.05) is 5.56 Å². The largest absolute Gasteiger partial charge is 0.545 e. The highest BCUT2D eigenvalue weighted by atomic mass is 19.1. The summed E-state index contributed by atoms with van der Waals surface area (Å²) in [5.41, 5.74) is -0.685. The maximum absolute atomic E-state index is 13.7. The summed E-state index contributed by atoms with van der Waals surface area (Å²) < 4.78 is 19.5. The van der Waals surface area contributed by atoms with Crippen LogP contribution in [0.25, 0.3) is 0 Å². The molecule has 19 heavy (non-hydrogen) atoms. The van der Waals surface area contributed by atoms with E-state index in [1.807, 2.05) is 0 Å². The number of hydrogen-bond acceptors (Lipinski definition) is 3. The summed E-state index contributed by atoms with van der Waals surface area (Å²) >= 11 is 0. The predicted molar refractivity (Wildman–Crippen MR) is 67.4 cm³/mol. The molecule has 1 saturated carbocycles. The van der Waals surface area contributed by atoms with Gasteiger partial charge in [0.1, 0.15) is 5.60 Å². The van der Waals surface area contributed by atoms with Crippen LogP contribution < -0.4 is 9.84 Å². The highest BCUT2D eigenvalue weighted by Gasteiger charge is 2.31. The summed E-state index contributed by atoms with van der Waals surface area (Å²) in [6.07, 6.45) is 6.34. The second-order valence-corrected chi connectivity index (χ2v) is 4.86. The van der Waals surface area contributed by atoms with Crippen molar-refractivity contribution in [2.75, 3.05) is 0 Å². The molecule has 0 unspecified atom stereocenters. The number of aromatic carboxylic acids is 1. The molecule has 0 aliphatic heterocycles. The molecule has 0 spiro atoms. The topological polar surface area (TPSA) is 49.4 Å². The van der Waals surface area contributed by atoms with Crippen molar-refractivity contribution in [3.63, 3.8) is 0 Å². The third-order valence-corrected chi connectivity index (χ3v) is 3.55. The van der Waals surface area contributed by atoms with Crippen molar-refractivity contribution in [2.45, 2.75) is 37.7 Å². The third-order valence-electron chi connectivity index (χ3n) is 3.55. The molecule has 1 fully saturated rings. The van der Waals surface area contributed by atoms with Crippen LogP contribution in [0.4, 0.5) is 4.39 Å². The minimum atomic E-state index is -1.35. The van der Waals surface area contributed by atoms with Crippen LogP contribution in [0.1, 0.15) is 42.5 Å². The molecule has 0 radical (unpaired) electrons. The van der Waals surface area contributed by atoms with Crippen LogP contribution in [0.3, 0.4) is 0 Å². The molecule has 1 aromatic carbocycles. The Kier molecular flexibility index (Phi) is 3.88. The molecule has 0 amide bonds. The monoisotopic (exact) mass is 263 g/mol. The van der Waals surface area contributed by atoms with Crippen molar-refractivity contribution in [1.29, 1.82) is 0 Å². The lowest BCUT2D eigenvalue weighted by atomic mass is 9.84. The standard InChI is InChI=1S/C15H17FO3/c1-2-15(8-4-3-5-9-15)19-13-10-11(14(17)18)6-7-12(13)16/h2,6-7,10H,1,3-5,8-9H2,(H,17,18)/p-1. The Morgan fingerprint density at radius 3 is 2.63 bits per heavy atom. The molecule has 0 atom stereocenters. The van der Waals surface area contributed by atoms with E-state index in [1.54, 1.807) is 6.08 Å². The van der Waals surface area contributed by atoms with Gasteiger partial charge in [-0.15, -0.1) is 0 Å². The van der Waals surface area contributed by atoms with Crippen LogP contribution in [-0.2, 0) is 0 Å². The fraction of sp³-hybridized carbons (Fsp3) is 0.400. The smallest absolute Gasteiger partial charge is 0.165 e. The molecule has 1 aliphatic carbocycles. The van der Waals surface area contributed by atoms with E-state index in [-0.39, 0.29) is 11.3 Å². The first-order valence-corrected chi connectivity index (χ1v) is 6.40. The molecule has 4 heteroatoms. The minimum Gasteiger partial charge on any atom is -0.545 e. The van der Waals surface area contributed by atoms with E-state index in [0.29, 0.717) is 0 Å². The van der Waals surface area contributed by atoms with Gasteiger partial charge in [-0.25, -0.2) is 4.39 Å². The molecule has 0 N–H and O–H groups in total. The fourth-order valence-electron chi connectivity index (χ4n) is 2.43. The van der Waals surface area contributed by atoms with Crippen molar-refractivity contribution in [3.05, 3.63) is 42.2 Å². The summed E-state index contributed by atoms with van der Waals surface area (Å²) in [6.45, 7) is 3.76. The number of rotatable bonds is 4. The van der Waals surface area contributed by atoms with Crippen LogP contribution in [0.2, 0.25) is 0 Å². The number of hydrogen-bond donors (Lipinski definition) is 0. The Bertz CT molecular complexity index is 490. The van der Waals surface area contributed by atoms with Crippen LogP contribution in [-0.4, -0.2) is 11.6 Å². The summed E-state index contributed by atoms with van der Waals surface area (Å²) in [5.74, 6) is -1.97. The first kappa shape index (κ1) is 13.6. The van der Waals surface area contributed by atoms with E-state index >= 15 is 0 Å². The van der Waals surface area contributed by atoms with Gasteiger partial charge in [0.25, 0.3) is 0 Å². The molecule has 102 valence electrons. The van der Waals surface area contributed by atoms with Crippen molar-refractivity contribution in [1.82, 2.24) is 0 Å². The molecule has 1 aromatic rings. The zero-order valence-corrected chi connectivity index (χ0v) is 10.7. The van der Waals surface area contributed by atoms with Crippen molar-refractivity contribution in [3.8, 4) is 5.75 Å². The lowest BCUT2D eigenvalue weighted by molar-refractivity contribution is -0.255. The van der Waals surface area contributed by atoms with E-state index in [0.717, 1.165) is 38.2 Å². The van der Waals surface area contributed by atoms with Gasteiger partial charge in [0.2, 0.25) is 0 Å². The zero-order valence-electron chi connectivity index (χ0n) is 10.7. The van der Waals surface area contributed by atoms with Gasteiger partial charge in [-0.2, -0.15) is 0 Å². The van der Waals surface area contributed by atoms with Crippen molar-refractivity contribution < 1.29 is 19.0 Å². The number of carbonyl (C=O) groups excluding carboxylic acids is 1. The average Bonchev–Trinajstić information content (AvgIpc) is 2.42. The maximum Gasteiger partial charge on any atom is 0.165 e. The summed E-state index contributed by atoms with van der Waals surface area (Å²) in [4.78, 5) is 10.8. The second kappa shape index (κ2) is 5.43. The van der Waals surface area contributed by atoms with Gasteiger partial charge in [-0.05, 0) is 50.0 Å². The normalized spacial score (nSPS) is 17.7. The molecule has 3 nitrogen and oxygen atoms in total. The van der Waals surface area contributed by atoms with E-state index in [4.69, 9.17) is 4.74 Å². The number of carboxylic acids is 1. The van der Waals surface area contributed by atoms with E-state index in [2.05, 4.69) is 6.58 Å². The van der Waals surface area contributed by atoms with Crippen LogP contribution >= 0.6 is 0 Å². The number of carboxylic acid groups (broad SMARTS) is 1. The van der Waals surface area contributed by atoms with E-state index < -0.39 is 17.4 Å². The maximum atomic E-state index is 13.7. The highest BCUT2D eigenvalue weighted by molar-refractivity contribution is 5.86. The summed E-state index contributed by atoms with van der Waals surface area (Å²) in [7, 11) is 0. The first-order chi connectivity index (χ1) is 9.06. The molecule has 0 heterocycles. The van der Waals surface area contributed by atoms with Gasteiger partial charge in [-0.3, -0.25) is 0 Å². The number of halogens is 1. The van der Waals surface area contributed by atoms with Crippen LogP contribution in [0, 0.1) is 5.82 Å². The van der Waals surface area contributed by atoms with E-state index in [1.165, 1.54) is 12.1 Å². The molecule has 2 rings (SSSR count). The molecular weight excluding hydrogens is 247 g/mol. The van der Waals surface area contributed by atoms with Gasteiger partial charge < -0.3 is 14.6 Å². The molecular formula is C15H16FO3-. The lowest BCUT2D eigenvalue weighted by Crippen LogP contribution is -2.36. The Balaban J connectivity index is 2.28. The van der Waals surface area contributed by atoms with Gasteiger partial charge in [0.15, 0.2) is 11.6 Å². The molecule has 0 aromatic heterocycles. The predicted octanol–water partition coefficient (Wildman–Crippen LogP) is 2.46. The number of benzene rings is 1. The lowest BCUT2D eigenvalue weighted by Gasteiger charge is -2.35. The highest BCUT2D eigenvalue weighted by Crippen LogP contribution is 2.35. The minimum absolute atomic E-state index is 0.0523. The average molecular weight is 263 g/mol. The SMILES string of the molecule is C=CC1(Oc2cc(C(=O)[O-])ccc2F)CCCCC1. The molecule has 1 aliphatic rings. The van der Waals surface area contributed by atoms with Gasteiger partial charge in [0.05, 0.1) is 5.97 Å². The van der Waals surface area contributed by atoms with Crippen molar-refractivity contribution in [2.24, 2.45) is 0 Å². The summed E-state index contributed by atoms with van der Waals surface area (Å²) in [6, 6.07) is 3.42. The molecule has 0 saturated heterocycles. The summed E-state index contributed by atoms with van der Waals surface area (Å²) in [5, 5.41) is 10.8. The van der Waals surface area contributed by atoms with Crippen LogP contribution in [0.15, 0.2) is 30.9 Å². The van der Waals surface area contributed by atoms with Gasteiger partial charge in [-0.1, -0.05) is 13.0 Å². The second-order valence-electron chi connectivity index (χ2n) is 4.86. The first-order valence-electron chi connectivity index (χ1n) is 6.40. The van der Waals surface area contributed by atoms with Crippen LogP contribution in [0.5, 0.6) is 5.75 Å². The fourth-order valence-corrected chi connectivity index (χ4v) is 2.43. The van der Waals surface area contributed by atoms with Gasteiger partial charge >= 0.3 is 0 Å². The quantitative estimate of drug-likeness (QED) is 0.784. The number of carbonyl (C=O) groups is 1. The Morgan fingerprint density at radius 2 is 2.05 bits per heavy atom. The number of ether oxygens (including phenoxy) is 1. The molecule has 0 bridgehead atoms. The van der Waals surface area contributed by atoms with Crippen molar-refractivity contribution >= 4 is 5.97 Å². The third kappa shape index (κ3) is 2.95. The van der Waals surface area contributed by atoms with E-state index in [9.17, 15) is 14.3 Å². The Labute approximate surface area is 111 Å². The Hall–Kier alpha value is -1.84. The zero-order chi connectivity index (χ0) is 13.9.